The lowest BCUT2D eigenvalue weighted by Crippen LogP contribution is -2.13. The third-order valence-corrected chi connectivity index (χ3v) is 4.57. The van der Waals surface area contributed by atoms with E-state index in [-0.39, 0.29) is 0 Å². The van der Waals surface area contributed by atoms with Crippen LogP contribution in [0, 0.1) is 0 Å². The molecule has 3 heterocycles. The van der Waals surface area contributed by atoms with Crippen molar-refractivity contribution in [2.24, 2.45) is 0 Å². The van der Waals surface area contributed by atoms with Crippen molar-refractivity contribution in [1.82, 2.24) is 19.9 Å². The molecule has 1 N–H and O–H groups in total. The number of benzene rings is 1. The number of nitrogens with zero attached hydrogens (tertiary/aromatic N) is 3. The van der Waals surface area contributed by atoms with E-state index in [9.17, 15) is 0 Å². The Morgan fingerprint density at radius 1 is 1.12 bits per heavy atom. The number of pyridine rings is 1. The first kappa shape index (κ1) is 15.8. The van der Waals surface area contributed by atoms with Gasteiger partial charge in [-0.3, -0.25) is 0 Å². The van der Waals surface area contributed by atoms with E-state index in [1.807, 2.05) is 43.7 Å². The maximum atomic E-state index is 5.48. The second kappa shape index (κ2) is 7.07. The van der Waals surface area contributed by atoms with E-state index in [1.165, 1.54) is 0 Å². The van der Waals surface area contributed by atoms with Gasteiger partial charge in [-0.05, 0) is 26.0 Å². The SMILES string of the molecule is CCOc1ccc(-c2c(-c3ccccc3)ncn2[C@H]2CCNC2)cn1. The second-order valence-corrected chi connectivity index (χ2v) is 6.18. The van der Waals surface area contributed by atoms with Crippen LogP contribution >= 0.6 is 0 Å². The van der Waals surface area contributed by atoms with Gasteiger partial charge >= 0.3 is 0 Å². The van der Waals surface area contributed by atoms with Gasteiger partial charge in [0.1, 0.15) is 0 Å². The summed E-state index contributed by atoms with van der Waals surface area (Å²) >= 11 is 0. The first-order valence-electron chi connectivity index (χ1n) is 8.79. The summed E-state index contributed by atoms with van der Waals surface area (Å²) in [5.74, 6) is 0.654. The third-order valence-electron chi connectivity index (χ3n) is 4.57. The number of imidazole rings is 1. The molecule has 25 heavy (non-hydrogen) atoms. The largest absolute Gasteiger partial charge is 0.478 e. The number of ether oxygens (including phenoxy) is 1. The van der Waals surface area contributed by atoms with Gasteiger partial charge in [-0.1, -0.05) is 30.3 Å². The number of hydrogen-bond acceptors (Lipinski definition) is 4. The molecule has 0 aliphatic carbocycles. The van der Waals surface area contributed by atoms with Crippen molar-refractivity contribution in [3.05, 3.63) is 55.0 Å². The predicted octanol–water partition coefficient (Wildman–Crippen LogP) is 3.55. The summed E-state index contributed by atoms with van der Waals surface area (Å²) in [6, 6.07) is 14.7. The van der Waals surface area contributed by atoms with Crippen molar-refractivity contribution in [2.75, 3.05) is 19.7 Å². The van der Waals surface area contributed by atoms with E-state index in [2.05, 4.69) is 33.1 Å². The zero-order chi connectivity index (χ0) is 17.1. The average Bonchev–Trinajstić information content (AvgIpc) is 3.33. The van der Waals surface area contributed by atoms with Crippen LogP contribution in [0.3, 0.4) is 0 Å². The highest BCUT2D eigenvalue weighted by Gasteiger charge is 2.23. The van der Waals surface area contributed by atoms with Crippen molar-refractivity contribution in [3.8, 4) is 28.4 Å². The van der Waals surface area contributed by atoms with Crippen molar-refractivity contribution >= 4 is 0 Å². The molecule has 2 aromatic heterocycles. The molecule has 0 bridgehead atoms. The quantitative estimate of drug-likeness (QED) is 0.775. The predicted molar refractivity (Wildman–Crippen MR) is 98.6 cm³/mol. The van der Waals surface area contributed by atoms with Crippen LogP contribution in [-0.4, -0.2) is 34.2 Å². The van der Waals surface area contributed by atoms with Crippen LogP contribution < -0.4 is 10.1 Å². The Bertz CT molecular complexity index is 821. The molecule has 1 aromatic carbocycles. The van der Waals surface area contributed by atoms with E-state index >= 15 is 0 Å². The summed E-state index contributed by atoms with van der Waals surface area (Å²) in [7, 11) is 0. The van der Waals surface area contributed by atoms with Crippen LogP contribution in [0.2, 0.25) is 0 Å². The molecule has 4 rings (SSSR count). The highest BCUT2D eigenvalue weighted by atomic mass is 16.5. The van der Waals surface area contributed by atoms with Crippen molar-refractivity contribution in [2.45, 2.75) is 19.4 Å². The van der Waals surface area contributed by atoms with Crippen molar-refractivity contribution in [1.29, 1.82) is 0 Å². The minimum atomic E-state index is 0.423. The van der Waals surface area contributed by atoms with Crippen LogP contribution in [0.15, 0.2) is 55.0 Å². The average molecular weight is 334 g/mol. The summed E-state index contributed by atoms with van der Waals surface area (Å²) in [6.07, 6.45) is 4.96. The molecule has 0 radical (unpaired) electrons. The van der Waals surface area contributed by atoms with Gasteiger partial charge in [0.05, 0.1) is 24.3 Å². The highest BCUT2D eigenvalue weighted by molar-refractivity contribution is 5.78. The molecule has 1 saturated heterocycles. The number of hydrogen-bond donors (Lipinski definition) is 1. The van der Waals surface area contributed by atoms with Crippen LogP contribution in [0.1, 0.15) is 19.4 Å². The molecule has 5 nitrogen and oxygen atoms in total. The van der Waals surface area contributed by atoms with Crippen molar-refractivity contribution in [3.63, 3.8) is 0 Å². The van der Waals surface area contributed by atoms with Gasteiger partial charge in [0, 0.05) is 36.0 Å². The minimum absolute atomic E-state index is 0.423. The van der Waals surface area contributed by atoms with E-state index in [1.54, 1.807) is 0 Å². The minimum Gasteiger partial charge on any atom is -0.478 e. The summed E-state index contributed by atoms with van der Waals surface area (Å²) in [4.78, 5) is 9.19. The van der Waals surface area contributed by atoms with Crippen molar-refractivity contribution < 1.29 is 4.74 Å². The molecular weight excluding hydrogens is 312 g/mol. The smallest absolute Gasteiger partial charge is 0.213 e. The normalized spacial score (nSPS) is 16.9. The summed E-state index contributed by atoms with van der Waals surface area (Å²) in [5, 5.41) is 3.44. The molecule has 0 amide bonds. The maximum Gasteiger partial charge on any atom is 0.213 e. The molecule has 1 atom stereocenters. The molecule has 5 heteroatoms. The lowest BCUT2D eigenvalue weighted by molar-refractivity contribution is 0.327. The summed E-state index contributed by atoms with van der Waals surface area (Å²) in [5.41, 5.74) is 4.30. The fourth-order valence-electron chi connectivity index (χ4n) is 3.36. The van der Waals surface area contributed by atoms with Gasteiger partial charge in [-0.2, -0.15) is 0 Å². The van der Waals surface area contributed by atoms with Crippen LogP contribution in [0.4, 0.5) is 0 Å². The van der Waals surface area contributed by atoms with Gasteiger partial charge in [-0.15, -0.1) is 0 Å². The monoisotopic (exact) mass is 334 g/mol. The zero-order valence-corrected chi connectivity index (χ0v) is 14.4. The Morgan fingerprint density at radius 3 is 2.68 bits per heavy atom. The lowest BCUT2D eigenvalue weighted by atomic mass is 10.1. The Labute approximate surface area is 147 Å². The first-order valence-corrected chi connectivity index (χ1v) is 8.79. The number of aromatic nitrogens is 3. The van der Waals surface area contributed by atoms with Gasteiger partial charge in [0.15, 0.2) is 0 Å². The Hall–Kier alpha value is -2.66. The Morgan fingerprint density at radius 2 is 2.00 bits per heavy atom. The van der Waals surface area contributed by atoms with Crippen LogP contribution in [0.25, 0.3) is 22.5 Å². The molecule has 0 saturated carbocycles. The lowest BCUT2D eigenvalue weighted by Gasteiger charge is -2.16. The zero-order valence-electron chi connectivity index (χ0n) is 14.4. The summed E-state index contributed by atoms with van der Waals surface area (Å²) in [6.45, 7) is 4.60. The summed E-state index contributed by atoms with van der Waals surface area (Å²) < 4.78 is 7.77. The molecule has 1 aliphatic rings. The van der Waals surface area contributed by atoms with E-state index in [4.69, 9.17) is 9.72 Å². The van der Waals surface area contributed by atoms with Crippen LogP contribution in [0.5, 0.6) is 5.88 Å². The topological polar surface area (TPSA) is 52.0 Å². The standard InChI is InChI=1S/C20H22N4O/c1-2-25-18-9-8-16(12-22-18)20-19(15-6-4-3-5-7-15)23-14-24(20)17-10-11-21-13-17/h3-9,12,14,17,21H,2,10-11,13H2,1H3/t17-/m0/s1. The second-order valence-electron chi connectivity index (χ2n) is 6.18. The molecule has 1 aliphatic heterocycles. The first-order chi connectivity index (χ1) is 12.4. The number of rotatable bonds is 5. The van der Waals surface area contributed by atoms with Gasteiger partial charge < -0.3 is 14.6 Å². The Balaban J connectivity index is 1.81. The molecular formula is C20H22N4O. The molecule has 3 aromatic rings. The third kappa shape index (κ3) is 3.15. The van der Waals surface area contributed by atoms with Gasteiger partial charge in [0.25, 0.3) is 0 Å². The fraction of sp³-hybridized carbons (Fsp3) is 0.300. The maximum absolute atomic E-state index is 5.48. The fourth-order valence-corrected chi connectivity index (χ4v) is 3.36. The van der Waals surface area contributed by atoms with E-state index in [0.29, 0.717) is 18.5 Å². The highest BCUT2D eigenvalue weighted by Crippen LogP contribution is 2.34. The van der Waals surface area contributed by atoms with E-state index in [0.717, 1.165) is 42.0 Å². The van der Waals surface area contributed by atoms with Crippen LogP contribution in [-0.2, 0) is 0 Å². The molecule has 0 unspecified atom stereocenters. The molecule has 128 valence electrons. The van der Waals surface area contributed by atoms with Gasteiger partial charge in [0.2, 0.25) is 5.88 Å². The van der Waals surface area contributed by atoms with Gasteiger partial charge in [-0.25, -0.2) is 9.97 Å². The molecule has 1 fully saturated rings. The molecule has 0 spiro atoms. The number of nitrogens with one attached hydrogen (secondary N) is 1. The Kier molecular flexibility index (Phi) is 4.48. The van der Waals surface area contributed by atoms with E-state index < -0.39 is 0 Å².